The smallest absolute Gasteiger partial charge is 0.131 e. The van der Waals surface area contributed by atoms with Crippen LogP contribution in [0.5, 0.6) is 0 Å². The summed E-state index contributed by atoms with van der Waals surface area (Å²) in [4.78, 5) is 11.5. The zero-order valence-electron chi connectivity index (χ0n) is 16.7. The standard InChI is InChI=1S/C21H27Cl2N5/c1-14(2)27-6-8-28(9-7-27)20-5-4-18(15-12-26(3)13-16(15)20)25-19-10-21(23)24-11-17(19)22/h4-5,10-11,14H,6-9,12-13H2,1-3H3,(H,24,25). The highest BCUT2D eigenvalue weighted by Crippen LogP contribution is 2.38. The Kier molecular flexibility index (Phi) is 5.70. The lowest BCUT2D eigenvalue weighted by Crippen LogP contribution is -2.49. The van der Waals surface area contributed by atoms with Crippen LogP contribution in [0.2, 0.25) is 10.2 Å². The van der Waals surface area contributed by atoms with E-state index < -0.39 is 0 Å². The van der Waals surface area contributed by atoms with E-state index in [1.807, 2.05) is 0 Å². The number of hydrogen-bond donors (Lipinski definition) is 1. The Bertz CT molecular complexity index is 862. The van der Waals surface area contributed by atoms with Gasteiger partial charge >= 0.3 is 0 Å². The minimum Gasteiger partial charge on any atom is -0.369 e. The summed E-state index contributed by atoms with van der Waals surface area (Å²) in [5, 5.41) is 4.48. The van der Waals surface area contributed by atoms with Gasteiger partial charge < -0.3 is 10.2 Å². The average molecular weight is 420 g/mol. The molecule has 0 radical (unpaired) electrons. The number of nitrogens with zero attached hydrogens (tertiary/aromatic N) is 4. The number of halogens is 2. The third-order valence-corrected chi connectivity index (χ3v) is 6.25. The Morgan fingerprint density at radius 1 is 1.00 bits per heavy atom. The van der Waals surface area contributed by atoms with Crippen LogP contribution in [0, 0.1) is 0 Å². The molecule has 1 aromatic heterocycles. The molecular formula is C21H27Cl2N5. The minimum atomic E-state index is 0.431. The number of anilines is 3. The number of piperazine rings is 1. The van der Waals surface area contributed by atoms with E-state index in [1.165, 1.54) is 16.8 Å². The summed E-state index contributed by atoms with van der Waals surface area (Å²) in [5.74, 6) is 0. The second-order valence-electron chi connectivity index (χ2n) is 7.99. The van der Waals surface area contributed by atoms with Gasteiger partial charge in [0.15, 0.2) is 0 Å². The largest absolute Gasteiger partial charge is 0.369 e. The molecule has 1 fully saturated rings. The molecule has 2 aromatic rings. The van der Waals surface area contributed by atoms with Crippen LogP contribution in [0.25, 0.3) is 0 Å². The van der Waals surface area contributed by atoms with E-state index in [0.717, 1.165) is 50.6 Å². The molecule has 0 amide bonds. The van der Waals surface area contributed by atoms with Crippen LogP contribution < -0.4 is 10.2 Å². The van der Waals surface area contributed by atoms with Crippen molar-refractivity contribution in [2.24, 2.45) is 0 Å². The Morgan fingerprint density at radius 2 is 1.71 bits per heavy atom. The van der Waals surface area contributed by atoms with Crippen molar-refractivity contribution in [2.45, 2.75) is 33.0 Å². The lowest BCUT2D eigenvalue weighted by molar-refractivity contribution is 0.209. The van der Waals surface area contributed by atoms with Gasteiger partial charge in [-0.1, -0.05) is 23.2 Å². The van der Waals surface area contributed by atoms with Crippen molar-refractivity contribution in [3.8, 4) is 0 Å². The van der Waals surface area contributed by atoms with Crippen LogP contribution in [-0.2, 0) is 13.1 Å². The van der Waals surface area contributed by atoms with Crippen molar-refractivity contribution in [3.05, 3.63) is 45.7 Å². The van der Waals surface area contributed by atoms with Gasteiger partial charge in [0.25, 0.3) is 0 Å². The number of benzene rings is 1. The topological polar surface area (TPSA) is 34.6 Å². The van der Waals surface area contributed by atoms with E-state index in [0.29, 0.717) is 16.2 Å². The van der Waals surface area contributed by atoms with E-state index in [1.54, 1.807) is 12.3 Å². The molecule has 5 nitrogen and oxygen atoms in total. The third-order valence-electron chi connectivity index (χ3n) is 5.74. The number of rotatable bonds is 4. The summed E-state index contributed by atoms with van der Waals surface area (Å²) in [6.07, 6.45) is 1.58. The first-order chi connectivity index (χ1) is 13.4. The van der Waals surface area contributed by atoms with E-state index in [-0.39, 0.29) is 0 Å². The first-order valence-electron chi connectivity index (χ1n) is 9.82. The van der Waals surface area contributed by atoms with E-state index in [2.05, 4.69) is 58.0 Å². The average Bonchev–Trinajstić information content (AvgIpc) is 3.07. The molecule has 1 aromatic carbocycles. The fourth-order valence-corrected chi connectivity index (χ4v) is 4.49. The van der Waals surface area contributed by atoms with Gasteiger partial charge in [0.05, 0.1) is 10.7 Å². The van der Waals surface area contributed by atoms with Crippen LogP contribution in [0.15, 0.2) is 24.4 Å². The van der Waals surface area contributed by atoms with Gasteiger partial charge in [-0.05, 0) is 44.2 Å². The highest BCUT2D eigenvalue weighted by Gasteiger charge is 2.27. The van der Waals surface area contributed by atoms with Gasteiger partial charge in [0.1, 0.15) is 5.15 Å². The Labute approximate surface area is 177 Å². The highest BCUT2D eigenvalue weighted by molar-refractivity contribution is 6.34. The molecular weight excluding hydrogens is 393 g/mol. The normalized spacial score (nSPS) is 18.0. The number of fused-ring (bicyclic) bond motifs is 1. The molecule has 1 N–H and O–H groups in total. The summed E-state index contributed by atoms with van der Waals surface area (Å²) in [6, 6.07) is 6.81. The van der Waals surface area contributed by atoms with Crippen molar-refractivity contribution in [3.63, 3.8) is 0 Å². The minimum absolute atomic E-state index is 0.431. The maximum absolute atomic E-state index is 6.31. The summed E-state index contributed by atoms with van der Waals surface area (Å²) < 4.78 is 0. The highest BCUT2D eigenvalue weighted by atomic mass is 35.5. The van der Waals surface area contributed by atoms with Crippen molar-refractivity contribution in [1.29, 1.82) is 0 Å². The molecule has 0 spiro atoms. The van der Waals surface area contributed by atoms with Crippen LogP contribution in [0.4, 0.5) is 17.1 Å². The van der Waals surface area contributed by atoms with Crippen LogP contribution in [0.3, 0.4) is 0 Å². The van der Waals surface area contributed by atoms with Gasteiger partial charge in [0.2, 0.25) is 0 Å². The Morgan fingerprint density at radius 3 is 2.43 bits per heavy atom. The van der Waals surface area contributed by atoms with E-state index in [4.69, 9.17) is 23.2 Å². The summed E-state index contributed by atoms with van der Waals surface area (Å²) >= 11 is 12.4. The molecule has 7 heteroatoms. The van der Waals surface area contributed by atoms with Crippen LogP contribution in [-0.4, -0.2) is 54.1 Å². The molecule has 150 valence electrons. The maximum atomic E-state index is 6.31. The lowest BCUT2D eigenvalue weighted by atomic mass is 10.0. The quantitative estimate of drug-likeness (QED) is 0.731. The fraction of sp³-hybridized carbons (Fsp3) is 0.476. The number of pyridine rings is 1. The molecule has 4 rings (SSSR count). The molecule has 1 saturated heterocycles. The van der Waals surface area contributed by atoms with Crippen LogP contribution >= 0.6 is 23.2 Å². The predicted molar refractivity (Wildman–Crippen MR) is 118 cm³/mol. The second kappa shape index (κ2) is 8.07. The van der Waals surface area contributed by atoms with Gasteiger partial charge in [-0.25, -0.2) is 4.98 Å². The van der Waals surface area contributed by atoms with Gasteiger partial charge in [0, 0.05) is 68.9 Å². The van der Waals surface area contributed by atoms with Crippen LogP contribution in [0.1, 0.15) is 25.0 Å². The summed E-state index contributed by atoms with van der Waals surface area (Å²) in [5.41, 5.74) is 6.01. The first-order valence-corrected chi connectivity index (χ1v) is 10.6. The fourth-order valence-electron chi connectivity index (χ4n) is 4.18. The maximum Gasteiger partial charge on any atom is 0.131 e. The van der Waals surface area contributed by atoms with Gasteiger partial charge in [-0.3, -0.25) is 9.80 Å². The molecule has 0 saturated carbocycles. The van der Waals surface area contributed by atoms with Gasteiger partial charge in [-0.15, -0.1) is 0 Å². The molecule has 0 aliphatic carbocycles. The van der Waals surface area contributed by atoms with Crippen molar-refractivity contribution in [1.82, 2.24) is 14.8 Å². The zero-order chi connectivity index (χ0) is 19.8. The molecule has 0 atom stereocenters. The molecule has 0 unspecified atom stereocenters. The Hall–Kier alpha value is -1.53. The summed E-state index contributed by atoms with van der Waals surface area (Å²) in [6.45, 7) is 10.8. The first kappa shape index (κ1) is 19.8. The monoisotopic (exact) mass is 419 g/mol. The summed E-state index contributed by atoms with van der Waals surface area (Å²) in [7, 11) is 2.17. The predicted octanol–water partition coefficient (Wildman–Crippen LogP) is 4.61. The zero-order valence-corrected chi connectivity index (χ0v) is 18.2. The number of nitrogens with one attached hydrogen (secondary N) is 1. The third kappa shape index (κ3) is 3.94. The Balaban J connectivity index is 1.62. The van der Waals surface area contributed by atoms with Crippen molar-refractivity contribution < 1.29 is 0 Å². The van der Waals surface area contributed by atoms with Crippen molar-refractivity contribution >= 4 is 40.3 Å². The lowest BCUT2D eigenvalue weighted by Gasteiger charge is -2.39. The molecule has 28 heavy (non-hydrogen) atoms. The van der Waals surface area contributed by atoms with E-state index in [9.17, 15) is 0 Å². The SMILES string of the molecule is CC(C)N1CCN(c2ccc(Nc3cc(Cl)ncc3Cl)c3c2CN(C)C3)CC1. The second-order valence-corrected chi connectivity index (χ2v) is 8.78. The molecule has 2 aliphatic rings. The number of aromatic nitrogens is 1. The number of hydrogen-bond acceptors (Lipinski definition) is 5. The molecule has 2 aliphatic heterocycles. The van der Waals surface area contributed by atoms with Crippen molar-refractivity contribution in [2.75, 3.05) is 43.4 Å². The van der Waals surface area contributed by atoms with E-state index >= 15 is 0 Å². The molecule has 3 heterocycles. The van der Waals surface area contributed by atoms with Gasteiger partial charge in [-0.2, -0.15) is 0 Å². The molecule has 0 bridgehead atoms.